The number of amides is 1. The van der Waals surface area contributed by atoms with Crippen molar-refractivity contribution in [2.24, 2.45) is 0 Å². The van der Waals surface area contributed by atoms with Gasteiger partial charge >= 0.3 is 0 Å². The van der Waals surface area contributed by atoms with Crippen LogP contribution in [0.5, 0.6) is 11.5 Å². The molecule has 134 valence electrons. The van der Waals surface area contributed by atoms with Gasteiger partial charge in [-0.3, -0.25) is 9.59 Å². The Bertz CT molecular complexity index is 965. The first-order chi connectivity index (χ1) is 12.1. The second-order valence-corrected chi connectivity index (χ2v) is 7.57. The molecule has 5 nitrogen and oxygen atoms in total. The maximum absolute atomic E-state index is 12.4. The lowest BCUT2D eigenvalue weighted by Crippen LogP contribution is -2.12. The number of hydrogen-bond acceptors (Lipinski definition) is 4. The minimum Gasteiger partial charge on any atom is -0.508 e. The molecule has 0 saturated heterocycles. The van der Waals surface area contributed by atoms with Crippen molar-refractivity contribution in [1.29, 1.82) is 0 Å². The van der Waals surface area contributed by atoms with Gasteiger partial charge in [-0.05, 0) is 53.8 Å². The summed E-state index contributed by atoms with van der Waals surface area (Å²) in [5.41, 5.74) is 3.36. The molecule has 2 aromatic rings. The van der Waals surface area contributed by atoms with Crippen LogP contribution in [0.1, 0.15) is 53.4 Å². The number of anilines is 1. The zero-order valence-corrected chi connectivity index (χ0v) is 15.2. The maximum Gasteiger partial charge on any atom is 0.256 e. The Kier molecular flexibility index (Phi) is 4.11. The molecule has 0 bridgehead atoms. The van der Waals surface area contributed by atoms with Gasteiger partial charge < -0.3 is 15.5 Å². The lowest BCUT2D eigenvalue weighted by Gasteiger charge is -2.21. The average molecular weight is 351 g/mol. The molecule has 0 aromatic heterocycles. The van der Waals surface area contributed by atoms with E-state index in [1.165, 1.54) is 6.07 Å². The summed E-state index contributed by atoms with van der Waals surface area (Å²) in [7, 11) is 0. The Labute approximate surface area is 152 Å². The van der Waals surface area contributed by atoms with Crippen molar-refractivity contribution in [2.45, 2.75) is 33.1 Å². The second-order valence-electron chi connectivity index (χ2n) is 7.57. The van der Waals surface area contributed by atoms with Crippen LogP contribution in [0, 0.1) is 6.92 Å². The van der Waals surface area contributed by atoms with E-state index in [0.717, 1.165) is 5.56 Å². The Morgan fingerprint density at radius 2 is 1.69 bits per heavy atom. The Morgan fingerprint density at radius 3 is 2.31 bits per heavy atom. The predicted octanol–water partition coefficient (Wildman–Crippen LogP) is 4.01. The maximum atomic E-state index is 12.4. The summed E-state index contributed by atoms with van der Waals surface area (Å²) < 4.78 is 0. The summed E-state index contributed by atoms with van der Waals surface area (Å²) >= 11 is 0. The number of fused-ring (bicyclic) bond motifs is 1. The van der Waals surface area contributed by atoms with Gasteiger partial charge in [0.05, 0.1) is 5.56 Å². The number of carbonyl (C=O) groups excluding carboxylic acids is 2. The second kappa shape index (κ2) is 6.02. The number of phenolic OH excluding ortho intramolecular Hbond substituents is 2. The van der Waals surface area contributed by atoms with Gasteiger partial charge in [-0.2, -0.15) is 0 Å². The Balaban J connectivity index is 2.22. The molecule has 2 aromatic carbocycles. The van der Waals surface area contributed by atoms with Gasteiger partial charge in [-0.15, -0.1) is 0 Å². The molecule has 0 unspecified atom stereocenters. The van der Waals surface area contributed by atoms with Gasteiger partial charge in [-0.1, -0.05) is 20.8 Å². The quantitative estimate of drug-likeness (QED) is 0.433. The molecule has 0 atom stereocenters. The van der Waals surface area contributed by atoms with Gasteiger partial charge in [0.2, 0.25) is 0 Å². The van der Waals surface area contributed by atoms with Crippen molar-refractivity contribution < 1.29 is 19.8 Å². The van der Waals surface area contributed by atoms with Crippen molar-refractivity contribution in [3.8, 4) is 11.5 Å². The SMILES string of the molecule is Cc1cc2c(cc1O)/C(=C\c1cc(C(C)(C)C)cc(C=O)c1O)C(=O)N2. The van der Waals surface area contributed by atoms with Crippen molar-refractivity contribution in [1.82, 2.24) is 0 Å². The van der Waals surface area contributed by atoms with E-state index >= 15 is 0 Å². The number of aromatic hydroxyl groups is 2. The Morgan fingerprint density at radius 1 is 1.04 bits per heavy atom. The van der Waals surface area contributed by atoms with Gasteiger partial charge in [-0.25, -0.2) is 0 Å². The third kappa shape index (κ3) is 2.96. The first-order valence-electron chi connectivity index (χ1n) is 8.31. The summed E-state index contributed by atoms with van der Waals surface area (Å²) in [6.07, 6.45) is 2.15. The zero-order chi connectivity index (χ0) is 19.2. The van der Waals surface area contributed by atoms with Crippen molar-refractivity contribution in [2.75, 3.05) is 5.32 Å². The first kappa shape index (κ1) is 17.7. The molecule has 0 radical (unpaired) electrons. The third-order valence-corrected chi connectivity index (χ3v) is 4.58. The first-order valence-corrected chi connectivity index (χ1v) is 8.31. The third-order valence-electron chi connectivity index (χ3n) is 4.58. The molecule has 0 saturated carbocycles. The summed E-state index contributed by atoms with van der Waals surface area (Å²) in [5, 5.41) is 23.2. The van der Waals surface area contributed by atoms with E-state index in [4.69, 9.17) is 0 Å². The lowest BCUT2D eigenvalue weighted by molar-refractivity contribution is -0.110. The summed E-state index contributed by atoms with van der Waals surface area (Å²) in [6.45, 7) is 7.76. The molecule has 0 spiro atoms. The van der Waals surface area contributed by atoms with Crippen LogP contribution >= 0.6 is 0 Å². The van der Waals surface area contributed by atoms with Crippen LogP contribution in [0.25, 0.3) is 11.6 Å². The van der Waals surface area contributed by atoms with Crippen LogP contribution in [0.3, 0.4) is 0 Å². The number of rotatable bonds is 2. The minimum absolute atomic E-state index is 0.0902. The highest BCUT2D eigenvalue weighted by Crippen LogP contribution is 2.39. The molecule has 1 aliphatic rings. The highest BCUT2D eigenvalue weighted by atomic mass is 16.3. The number of hydrogen-bond donors (Lipinski definition) is 3. The van der Waals surface area contributed by atoms with Gasteiger partial charge in [0.1, 0.15) is 11.5 Å². The fourth-order valence-electron chi connectivity index (χ4n) is 2.95. The van der Waals surface area contributed by atoms with E-state index in [1.807, 2.05) is 20.8 Å². The summed E-state index contributed by atoms with van der Waals surface area (Å²) in [5.74, 6) is -0.399. The fraction of sp³-hybridized carbons (Fsp3) is 0.238. The highest BCUT2D eigenvalue weighted by Gasteiger charge is 2.26. The topological polar surface area (TPSA) is 86.6 Å². The predicted molar refractivity (Wildman–Crippen MR) is 102 cm³/mol. The van der Waals surface area contributed by atoms with Crippen LogP contribution in [-0.2, 0) is 10.2 Å². The van der Waals surface area contributed by atoms with Crippen LogP contribution in [-0.4, -0.2) is 22.4 Å². The van der Waals surface area contributed by atoms with Crippen molar-refractivity contribution >= 4 is 29.5 Å². The highest BCUT2D eigenvalue weighted by molar-refractivity contribution is 6.35. The summed E-state index contributed by atoms with van der Waals surface area (Å²) in [6, 6.07) is 6.65. The van der Waals surface area contributed by atoms with Crippen LogP contribution in [0.4, 0.5) is 5.69 Å². The zero-order valence-electron chi connectivity index (χ0n) is 15.2. The molecule has 1 heterocycles. The molecular weight excluding hydrogens is 330 g/mol. The van der Waals surface area contributed by atoms with E-state index in [2.05, 4.69) is 5.32 Å². The number of aryl methyl sites for hydroxylation is 1. The Hall–Kier alpha value is -3.08. The molecule has 0 fully saturated rings. The molecular formula is C21H21NO4. The molecule has 1 aliphatic heterocycles. The monoisotopic (exact) mass is 351 g/mol. The number of aldehydes is 1. The smallest absolute Gasteiger partial charge is 0.256 e. The number of carbonyl (C=O) groups is 2. The summed E-state index contributed by atoms with van der Waals surface area (Å²) in [4.78, 5) is 23.7. The largest absolute Gasteiger partial charge is 0.508 e. The molecule has 5 heteroatoms. The van der Waals surface area contributed by atoms with E-state index < -0.39 is 0 Å². The molecule has 3 N–H and O–H groups in total. The van der Waals surface area contributed by atoms with E-state index in [9.17, 15) is 19.8 Å². The van der Waals surface area contributed by atoms with Crippen molar-refractivity contribution in [3.63, 3.8) is 0 Å². The van der Waals surface area contributed by atoms with Gasteiger partial charge in [0.15, 0.2) is 6.29 Å². The standard InChI is InChI=1S/C21H21NO4/c1-11-5-17-15(9-18(11)24)16(20(26)22-17)8-12-6-14(21(2,3)4)7-13(10-23)19(12)25/h5-10,24-25H,1-4H3,(H,22,26)/b16-8+. The van der Waals surface area contributed by atoms with Gasteiger partial charge in [0, 0.05) is 22.4 Å². The molecule has 26 heavy (non-hydrogen) atoms. The fourth-order valence-corrected chi connectivity index (χ4v) is 2.95. The van der Waals surface area contributed by atoms with Crippen LogP contribution in [0.15, 0.2) is 24.3 Å². The van der Waals surface area contributed by atoms with Crippen molar-refractivity contribution in [3.05, 3.63) is 52.1 Å². The molecule has 0 aliphatic carbocycles. The number of nitrogens with one attached hydrogen (secondary N) is 1. The normalized spacial score (nSPS) is 15.1. The average Bonchev–Trinajstić information content (AvgIpc) is 2.84. The van der Waals surface area contributed by atoms with Crippen LogP contribution < -0.4 is 5.32 Å². The van der Waals surface area contributed by atoms with E-state index in [-0.39, 0.29) is 28.4 Å². The molecule has 1 amide bonds. The number of phenols is 2. The molecule has 3 rings (SSSR count). The lowest BCUT2D eigenvalue weighted by atomic mass is 9.84. The van der Waals surface area contributed by atoms with Crippen LogP contribution in [0.2, 0.25) is 0 Å². The van der Waals surface area contributed by atoms with E-state index in [0.29, 0.717) is 34.2 Å². The van der Waals surface area contributed by atoms with Gasteiger partial charge in [0.25, 0.3) is 5.91 Å². The number of benzene rings is 2. The van der Waals surface area contributed by atoms with E-state index in [1.54, 1.807) is 31.2 Å². The minimum atomic E-state index is -0.321.